The number of piperidine rings is 1. The maximum atomic E-state index is 12.5. The third kappa shape index (κ3) is 6.29. The van der Waals surface area contributed by atoms with Gasteiger partial charge in [-0.3, -0.25) is 9.69 Å². The molecule has 138 valence electrons. The van der Waals surface area contributed by atoms with E-state index in [1.165, 1.54) is 0 Å². The summed E-state index contributed by atoms with van der Waals surface area (Å²) in [7, 11) is 0. The third-order valence-electron chi connectivity index (χ3n) is 3.85. The molecule has 0 radical (unpaired) electrons. The van der Waals surface area contributed by atoms with Crippen LogP contribution in [-0.2, 0) is 9.53 Å². The van der Waals surface area contributed by atoms with Crippen LogP contribution in [0.3, 0.4) is 0 Å². The van der Waals surface area contributed by atoms with Gasteiger partial charge in [-0.1, -0.05) is 18.2 Å². The third-order valence-corrected chi connectivity index (χ3v) is 3.85. The Morgan fingerprint density at radius 3 is 2.60 bits per heavy atom. The Morgan fingerprint density at radius 1 is 1.20 bits per heavy atom. The van der Waals surface area contributed by atoms with Crippen LogP contribution >= 0.6 is 0 Å². The van der Waals surface area contributed by atoms with Gasteiger partial charge in [0, 0.05) is 6.54 Å². The van der Waals surface area contributed by atoms with Crippen molar-refractivity contribution in [2.75, 3.05) is 19.7 Å². The zero-order chi connectivity index (χ0) is 18.3. The number of benzene rings is 1. The number of nitrogens with zero attached hydrogens (tertiary/aromatic N) is 1. The minimum Gasteiger partial charge on any atom is -0.492 e. The summed E-state index contributed by atoms with van der Waals surface area (Å²) in [5.41, 5.74) is -0.570. The first-order valence-corrected chi connectivity index (χ1v) is 8.82. The van der Waals surface area contributed by atoms with Gasteiger partial charge in [0.2, 0.25) is 5.91 Å². The monoisotopic (exact) mass is 348 g/mol. The Kier molecular flexibility index (Phi) is 6.67. The van der Waals surface area contributed by atoms with Crippen molar-refractivity contribution in [1.29, 1.82) is 0 Å². The lowest BCUT2D eigenvalue weighted by molar-refractivity contribution is -0.127. The van der Waals surface area contributed by atoms with Crippen LogP contribution in [0, 0.1) is 0 Å². The predicted octanol–water partition coefficient (Wildman–Crippen LogP) is 2.97. The van der Waals surface area contributed by atoms with E-state index >= 15 is 0 Å². The molecular weight excluding hydrogens is 320 g/mol. The first-order valence-electron chi connectivity index (χ1n) is 8.82. The van der Waals surface area contributed by atoms with Crippen molar-refractivity contribution in [2.24, 2.45) is 0 Å². The van der Waals surface area contributed by atoms with Gasteiger partial charge in [-0.15, -0.1) is 0 Å². The molecular formula is C19H28N2O4. The van der Waals surface area contributed by atoms with Crippen molar-refractivity contribution >= 4 is 12.0 Å². The van der Waals surface area contributed by atoms with Crippen LogP contribution in [0.5, 0.6) is 5.75 Å². The summed E-state index contributed by atoms with van der Waals surface area (Å²) in [4.78, 5) is 26.4. The van der Waals surface area contributed by atoms with E-state index in [0.717, 1.165) is 18.6 Å². The number of carbonyl (C=O) groups is 2. The van der Waals surface area contributed by atoms with Crippen molar-refractivity contribution in [3.05, 3.63) is 30.3 Å². The van der Waals surface area contributed by atoms with E-state index in [1.807, 2.05) is 51.1 Å². The average Bonchev–Trinajstić information content (AvgIpc) is 2.58. The van der Waals surface area contributed by atoms with Crippen LogP contribution in [0.4, 0.5) is 4.79 Å². The molecule has 6 nitrogen and oxygen atoms in total. The molecule has 2 rings (SSSR count). The zero-order valence-corrected chi connectivity index (χ0v) is 15.3. The summed E-state index contributed by atoms with van der Waals surface area (Å²) < 4.78 is 11.0. The zero-order valence-electron chi connectivity index (χ0n) is 15.3. The number of amides is 2. The summed E-state index contributed by atoms with van der Waals surface area (Å²) in [5.74, 6) is 0.618. The van der Waals surface area contributed by atoms with E-state index in [2.05, 4.69) is 5.32 Å². The molecule has 1 aliphatic heterocycles. The van der Waals surface area contributed by atoms with Crippen LogP contribution in [-0.4, -0.2) is 48.2 Å². The van der Waals surface area contributed by atoms with Gasteiger partial charge in [0.1, 0.15) is 24.0 Å². The van der Waals surface area contributed by atoms with Gasteiger partial charge >= 0.3 is 6.09 Å². The molecule has 0 bridgehead atoms. The second-order valence-electron chi connectivity index (χ2n) is 7.14. The fourth-order valence-corrected chi connectivity index (χ4v) is 2.72. The van der Waals surface area contributed by atoms with Gasteiger partial charge in [0.05, 0.1) is 6.54 Å². The van der Waals surface area contributed by atoms with Gasteiger partial charge in [-0.25, -0.2) is 4.79 Å². The number of carbonyl (C=O) groups excluding carboxylic acids is 2. The van der Waals surface area contributed by atoms with Crippen molar-refractivity contribution in [2.45, 2.75) is 51.7 Å². The molecule has 0 aromatic heterocycles. The van der Waals surface area contributed by atoms with E-state index in [9.17, 15) is 9.59 Å². The van der Waals surface area contributed by atoms with Gasteiger partial charge in [-0.05, 0) is 52.2 Å². The molecule has 6 heteroatoms. The number of nitrogens with one attached hydrogen (secondary N) is 1. The summed E-state index contributed by atoms with van der Waals surface area (Å²) in [6, 6.07) is 8.98. The molecule has 1 heterocycles. The maximum absolute atomic E-state index is 12.5. The Labute approximate surface area is 149 Å². The van der Waals surface area contributed by atoms with E-state index in [4.69, 9.17) is 9.47 Å². The Bertz CT molecular complexity index is 569. The molecule has 0 saturated carbocycles. The normalized spacial score (nSPS) is 17.7. The Balaban J connectivity index is 1.82. The second kappa shape index (κ2) is 8.74. The van der Waals surface area contributed by atoms with Crippen molar-refractivity contribution < 1.29 is 19.1 Å². The van der Waals surface area contributed by atoms with Gasteiger partial charge in [0.15, 0.2) is 0 Å². The Morgan fingerprint density at radius 2 is 1.92 bits per heavy atom. The van der Waals surface area contributed by atoms with E-state index in [1.54, 1.807) is 4.90 Å². The van der Waals surface area contributed by atoms with Crippen LogP contribution < -0.4 is 10.1 Å². The molecule has 1 aromatic carbocycles. The second-order valence-corrected chi connectivity index (χ2v) is 7.14. The summed E-state index contributed by atoms with van der Waals surface area (Å²) in [6.45, 7) is 6.80. The van der Waals surface area contributed by atoms with Crippen LogP contribution in [0.1, 0.15) is 40.0 Å². The summed E-state index contributed by atoms with van der Waals surface area (Å²) in [5, 5.41) is 2.86. The van der Waals surface area contributed by atoms with Crippen LogP contribution in [0.15, 0.2) is 30.3 Å². The summed E-state index contributed by atoms with van der Waals surface area (Å²) in [6.07, 6.45) is 2.05. The predicted molar refractivity (Wildman–Crippen MR) is 95.5 cm³/mol. The van der Waals surface area contributed by atoms with Crippen molar-refractivity contribution in [3.8, 4) is 5.75 Å². The topological polar surface area (TPSA) is 67.9 Å². The summed E-state index contributed by atoms with van der Waals surface area (Å²) >= 11 is 0. The van der Waals surface area contributed by atoms with Crippen LogP contribution in [0.2, 0.25) is 0 Å². The highest BCUT2D eigenvalue weighted by atomic mass is 16.6. The number of hydrogen-bond acceptors (Lipinski definition) is 4. The van der Waals surface area contributed by atoms with Gasteiger partial charge in [-0.2, -0.15) is 0 Å². The first-order chi connectivity index (χ1) is 11.9. The lowest BCUT2D eigenvalue weighted by atomic mass is 10.0. The van der Waals surface area contributed by atoms with Gasteiger partial charge < -0.3 is 14.8 Å². The van der Waals surface area contributed by atoms with E-state index in [-0.39, 0.29) is 5.91 Å². The first kappa shape index (κ1) is 19.1. The lowest BCUT2D eigenvalue weighted by Crippen LogP contribution is -2.53. The number of rotatable bonds is 5. The number of hydrogen-bond donors (Lipinski definition) is 1. The molecule has 0 spiro atoms. The number of para-hydroxylation sites is 1. The minimum atomic E-state index is -0.570. The lowest BCUT2D eigenvalue weighted by Gasteiger charge is -2.35. The van der Waals surface area contributed by atoms with E-state index < -0.39 is 17.7 Å². The molecule has 1 saturated heterocycles. The fraction of sp³-hybridized carbons (Fsp3) is 0.579. The quantitative estimate of drug-likeness (QED) is 0.831. The minimum absolute atomic E-state index is 0.151. The number of likely N-dealkylation sites (tertiary alicyclic amines) is 1. The number of ether oxygens (including phenoxy) is 2. The van der Waals surface area contributed by atoms with E-state index in [0.29, 0.717) is 26.1 Å². The smallest absolute Gasteiger partial charge is 0.410 e. The molecule has 1 fully saturated rings. The average molecular weight is 348 g/mol. The van der Waals surface area contributed by atoms with Crippen LogP contribution in [0.25, 0.3) is 0 Å². The molecule has 1 aromatic rings. The van der Waals surface area contributed by atoms with Crippen molar-refractivity contribution in [3.63, 3.8) is 0 Å². The molecule has 0 aliphatic carbocycles. The standard InChI is InChI=1S/C19H28N2O4/c1-19(2,3)25-18(23)21-13-8-7-11-16(21)17(22)20-12-14-24-15-9-5-4-6-10-15/h4-6,9-10,16H,7-8,11-14H2,1-3H3,(H,20,22). The molecule has 2 amide bonds. The Hall–Kier alpha value is -2.24. The highest BCUT2D eigenvalue weighted by Gasteiger charge is 2.34. The molecule has 1 aliphatic rings. The fourth-order valence-electron chi connectivity index (χ4n) is 2.72. The maximum Gasteiger partial charge on any atom is 0.410 e. The molecule has 1 atom stereocenters. The van der Waals surface area contributed by atoms with Gasteiger partial charge in [0.25, 0.3) is 0 Å². The van der Waals surface area contributed by atoms with Crippen molar-refractivity contribution in [1.82, 2.24) is 10.2 Å². The molecule has 1 unspecified atom stereocenters. The largest absolute Gasteiger partial charge is 0.492 e. The highest BCUT2D eigenvalue weighted by molar-refractivity contribution is 5.85. The molecule has 25 heavy (non-hydrogen) atoms. The molecule has 1 N–H and O–H groups in total. The highest BCUT2D eigenvalue weighted by Crippen LogP contribution is 2.20. The SMILES string of the molecule is CC(C)(C)OC(=O)N1CCCCC1C(=O)NCCOc1ccccc1.